The molecule has 5 nitrogen and oxygen atoms in total. The second-order valence-corrected chi connectivity index (χ2v) is 9.18. The van der Waals surface area contributed by atoms with Crippen LogP contribution in [-0.4, -0.2) is 54.6 Å². The van der Waals surface area contributed by atoms with E-state index < -0.39 is 0 Å². The van der Waals surface area contributed by atoms with Crippen molar-refractivity contribution in [1.29, 1.82) is 0 Å². The van der Waals surface area contributed by atoms with E-state index in [0.29, 0.717) is 6.54 Å². The molecule has 1 atom stereocenters. The summed E-state index contributed by atoms with van der Waals surface area (Å²) in [6, 6.07) is 8.08. The van der Waals surface area contributed by atoms with E-state index in [1.54, 1.807) is 0 Å². The van der Waals surface area contributed by atoms with Crippen LogP contribution in [0.4, 0.5) is 10.5 Å². The van der Waals surface area contributed by atoms with Crippen LogP contribution in [0.5, 0.6) is 0 Å². The molecule has 3 rings (SSSR count). The molecule has 1 heterocycles. The molecule has 1 saturated heterocycles. The molecule has 1 saturated carbocycles. The van der Waals surface area contributed by atoms with Crippen molar-refractivity contribution >= 4 is 23.5 Å². The Labute approximate surface area is 167 Å². The van der Waals surface area contributed by atoms with Gasteiger partial charge in [0.1, 0.15) is 0 Å². The summed E-state index contributed by atoms with van der Waals surface area (Å²) in [7, 11) is 0. The van der Waals surface area contributed by atoms with Crippen LogP contribution in [0.3, 0.4) is 0 Å². The molecule has 1 aliphatic heterocycles. The minimum atomic E-state index is -0.140. The SMILES string of the molecule is CCC(C)(CNC(=O)Nc1ccc(SC2CCCC2)cc1)N1CCOCC1. The summed E-state index contributed by atoms with van der Waals surface area (Å²) < 4.78 is 5.45. The summed E-state index contributed by atoms with van der Waals surface area (Å²) in [5.41, 5.74) is 0.802. The number of hydrogen-bond acceptors (Lipinski definition) is 4. The van der Waals surface area contributed by atoms with E-state index in [-0.39, 0.29) is 11.6 Å². The molecular formula is C21H33N3O2S. The van der Waals surface area contributed by atoms with Crippen molar-refractivity contribution in [1.82, 2.24) is 10.2 Å². The Balaban J connectivity index is 1.46. The van der Waals surface area contributed by atoms with Crippen LogP contribution in [0.25, 0.3) is 0 Å². The Morgan fingerprint density at radius 1 is 1.22 bits per heavy atom. The minimum Gasteiger partial charge on any atom is -0.379 e. The first-order valence-corrected chi connectivity index (χ1v) is 11.1. The van der Waals surface area contributed by atoms with Crippen molar-refractivity contribution in [3.8, 4) is 0 Å². The van der Waals surface area contributed by atoms with Gasteiger partial charge in [-0.25, -0.2) is 4.79 Å². The third kappa shape index (κ3) is 5.87. The summed E-state index contributed by atoms with van der Waals surface area (Å²) in [6.07, 6.45) is 6.36. The molecule has 2 aliphatic rings. The topological polar surface area (TPSA) is 53.6 Å². The van der Waals surface area contributed by atoms with E-state index in [2.05, 4.69) is 41.5 Å². The van der Waals surface area contributed by atoms with Crippen LogP contribution >= 0.6 is 11.8 Å². The first-order chi connectivity index (χ1) is 13.1. The average molecular weight is 392 g/mol. The maximum absolute atomic E-state index is 12.4. The molecule has 1 aromatic carbocycles. The number of rotatable bonds is 7. The number of nitrogens with one attached hydrogen (secondary N) is 2. The monoisotopic (exact) mass is 391 g/mol. The number of amides is 2. The van der Waals surface area contributed by atoms with Gasteiger partial charge in [0, 0.05) is 41.0 Å². The van der Waals surface area contributed by atoms with E-state index in [1.165, 1.54) is 30.6 Å². The molecule has 1 aliphatic carbocycles. The van der Waals surface area contributed by atoms with Gasteiger partial charge in [0.15, 0.2) is 0 Å². The number of thioether (sulfide) groups is 1. The Bertz CT molecular complexity index is 598. The third-order valence-electron chi connectivity index (χ3n) is 5.88. The second kappa shape index (κ2) is 9.80. The highest BCUT2D eigenvalue weighted by Crippen LogP contribution is 2.34. The number of ether oxygens (including phenoxy) is 1. The zero-order valence-electron chi connectivity index (χ0n) is 16.6. The van der Waals surface area contributed by atoms with Gasteiger partial charge in [0.2, 0.25) is 0 Å². The normalized spacial score (nSPS) is 21.0. The lowest BCUT2D eigenvalue weighted by molar-refractivity contribution is -0.0163. The highest BCUT2D eigenvalue weighted by Gasteiger charge is 2.31. The molecule has 1 unspecified atom stereocenters. The maximum Gasteiger partial charge on any atom is 0.319 e. The van der Waals surface area contributed by atoms with Crippen molar-refractivity contribution in [3.05, 3.63) is 24.3 Å². The molecule has 0 bridgehead atoms. The number of benzene rings is 1. The first-order valence-electron chi connectivity index (χ1n) is 10.2. The van der Waals surface area contributed by atoms with Gasteiger partial charge >= 0.3 is 6.03 Å². The van der Waals surface area contributed by atoms with Gasteiger partial charge < -0.3 is 15.4 Å². The van der Waals surface area contributed by atoms with Gasteiger partial charge in [0.05, 0.1) is 13.2 Å². The quantitative estimate of drug-likeness (QED) is 0.726. The summed E-state index contributed by atoms with van der Waals surface area (Å²) in [6.45, 7) is 8.41. The second-order valence-electron chi connectivity index (χ2n) is 7.81. The molecular weight excluding hydrogens is 358 g/mol. The lowest BCUT2D eigenvalue weighted by atomic mass is 9.95. The highest BCUT2D eigenvalue weighted by atomic mass is 32.2. The number of carbonyl (C=O) groups is 1. The Morgan fingerprint density at radius 3 is 2.52 bits per heavy atom. The van der Waals surface area contributed by atoms with Crippen LogP contribution in [0.2, 0.25) is 0 Å². The van der Waals surface area contributed by atoms with Gasteiger partial charge in [-0.15, -0.1) is 11.8 Å². The average Bonchev–Trinajstić information content (AvgIpc) is 3.21. The number of nitrogens with zero attached hydrogens (tertiary/aromatic N) is 1. The minimum absolute atomic E-state index is 0.0388. The van der Waals surface area contributed by atoms with E-state index in [0.717, 1.165) is 43.7 Å². The molecule has 2 amide bonds. The number of morpholine rings is 1. The summed E-state index contributed by atoms with van der Waals surface area (Å²) >= 11 is 1.97. The fourth-order valence-corrected chi connectivity index (χ4v) is 5.07. The molecule has 0 aromatic heterocycles. The van der Waals surface area contributed by atoms with Crippen LogP contribution < -0.4 is 10.6 Å². The van der Waals surface area contributed by atoms with Crippen LogP contribution in [0.1, 0.15) is 46.0 Å². The lowest BCUT2D eigenvalue weighted by Gasteiger charge is -2.43. The largest absolute Gasteiger partial charge is 0.379 e. The predicted molar refractivity (Wildman–Crippen MR) is 113 cm³/mol. The Hall–Kier alpha value is -1.24. The molecule has 0 radical (unpaired) electrons. The zero-order valence-corrected chi connectivity index (χ0v) is 17.4. The number of hydrogen-bond donors (Lipinski definition) is 2. The van der Waals surface area contributed by atoms with Crippen molar-refractivity contribution in [3.63, 3.8) is 0 Å². The van der Waals surface area contributed by atoms with Gasteiger partial charge in [0.25, 0.3) is 0 Å². The van der Waals surface area contributed by atoms with Crippen molar-refractivity contribution in [2.75, 3.05) is 38.2 Å². The molecule has 150 valence electrons. The smallest absolute Gasteiger partial charge is 0.319 e. The lowest BCUT2D eigenvalue weighted by Crippen LogP contribution is -2.57. The molecule has 27 heavy (non-hydrogen) atoms. The number of anilines is 1. The van der Waals surface area contributed by atoms with Crippen molar-refractivity contribution in [2.24, 2.45) is 0 Å². The van der Waals surface area contributed by atoms with Crippen molar-refractivity contribution in [2.45, 2.75) is 61.6 Å². The van der Waals surface area contributed by atoms with E-state index in [1.807, 2.05) is 23.9 Å². The summed E-state index contributed by atoms with van der Waals surface area (Å²) in [4.78, 5) is 16.1. The number of carbonyl (C=O) groups excluding carboxylic acids is 1. The highest BCUT2D eigenvalue weighted by molar-refractivity contribution is 8.00. The maximum atomic E-state index is 12.4. The van der Waals surface area contributed by atoms with Gasteiger partial charge in [-0.2, -0.15) is 0 Å². The van der Waals surface area contributed by atoms with E-state index in [9.17, 15) is 4.79 Å². The van der Waals surface area contributed by atoms with Crippen LogP contribution in [-0.2, 0) is 4.74 Å². The molecule has 6 heteroatoms. The molecule has 2 N–H and O–H groups in total. The number of urea groups is 1. The van der Waals surface area contributed by atoms with Crippen LogP contribution in [0, 0.1) is 0 Å². The predicted octanol–water partition coefficient (Wildman–Crippen LogP) is 4.34. The van der Waals surface area contributed by atoms with Crippen LogP contribution in [0.15, 0.2) is 29.2 Å². The standard InChI is InChI=1S/C21H33N3O2S/c1-3-21(2,24-12-14-26-15-13-24)16-22-20(25)23-17-8-10-19(11-9-17)27-18-6-4-5-7-18/h8-11,18H,3-7,12-16H2,1-2H3,(H2,22,23,25). The summed E-state index contributed by atoms with van der Waals surface area (Å²) in [5, 5.41) is 6.78. The van der Waals surface area contributed by atoms with Gasteiger partial charge in [-0.3, -0.25) is 4.90 Å². The van der Waals surface area contributed by atoms with Gasteiger partial charge in [-0.05, 0) is 50.5 Å². The first kappa shape index (κ1) is 20.5. The molecule has 2 fully saturated rings. The summed E-state index contributed by atoms with van der Waals surface area (Å²) in [5.74, 6) is 0. The molecule has 0 spiro atoms. The Kier molecular flexibility index (Phi) is 7.44. The zero-order chi connectivity index (χ0) is 19.1. The van der Waals surface area contributed by atoms with Gasteiger partial charge in [-0.1, -0.05) is 19.8 Å². The fourth-order valence-electron chi connectivity index (χ4n) is 3.83. The fraction of sp³-hybridized carbons (Fsp3) is 0.667. The van der Waals surface area contributed by atoms with E-state index in [4.69, 9.17) is 4.74 Å². The molecule has 1 aromatic rings. The Morgan fingerprint density at radius 2 is 1.89 bits per heavy atom. The van der Waals surface area contributed by atoms with E-state index >= 15 is 0 Å². The third-order valence-corrected chi connectivity index (χ3v) is 7.23. The van der Waals surface area contributed by atoms with Crippen molar-refractivity contribution < 1.29 is 9.53 Å².